The molecule has 0 spiro atoms. The van der Waals surface area contributed by atoms with Gasteiger partial charge in [-0.15, -0.1) is 0 Å². The second kappa shape index (κ2) is 27.4. The van der Waals surface area contributed by atoms with E-state index in [1.54, 1.807) is 58.0 Å². The molecule has 0 saturated carbocycles. The normalized spacial score (nSPS) is 15.0. The highest BCUT2D eigenvalue weighted by Crippen LogP contribution is 2.14. The Morgan fingerprint density at radius 1 is 0.672 bits per heavy atom. The molecule has 8 amide bonds. The Morgan fingerprint density at radius 2 is 1.23 bits per heavy atom. The Hall–Kier alpha value is -5.50. The minimum absolute atomic E-state index is 0.0538. The third kappa shape index (κ3) is 18.3. The number of nitrogens with zero attached hydrogens (tertiary/aromatic N) is 1. The highest BCUT2D eigenvalue weighted by atomic mass is 32.1. The van der Waals surface area contributed by atoms with Crippen molar-refractivity contribution in [2.24, 2.45) is 29.0 Å². The molecule has 19 nitrogen and oxygen atoms in total. The summed E-state index contributed by atoms with van der Waals surface area (Å²) in [6, 6.07) is 1.67. The van der Waals surface area contributed by atoms with Gasteiger partial charge in [0, 0.05) is 43.3 Å². The SMILES string of the molecule is CC[C@H](C)[C@H](NC(=O)[C@H](CCC(N)=O)NC(=O)[C@@H](NC(=O)[C@H](CS)NC(=O)CCCCCN)[C@@H](C)CC)C(=O)N[C@@H](Cc1cnc[nH]1)C(=O)N[C@@H](Cc1ccccc1)C(N)=O. The minimum Gasteiger partial charge on any atom is -0.370 e. The Balaban J connectivity index is 2.32. The molecule has 1 heterocycles. The molecule has 61 heavy (non-hydrogen) atoms. The Kier molecular flexibility index (Phi) is 23.2. The first-order valence-corrected chi connectivity index (χ1v) is 21.4. The van der Waals surface area contributed by atoms with E-state index in [-0.39, 0.29) is 43.8 Å². The van der Waals surface area contributed by atoms with Gasteiger partial charge in [0.15, 0.2) is 0 Å². The summed E-state index contributed by atoms with van der Waals surface area (Å²) in [6.07, 6.45) is 5.46. The maximum Gasteiger partial charge on any atom is 0.244 e. The number of aromatic amines is 1. The van der Waals surface area contributed by atoms with E-state index in [2.05, 4.69) is 54.5 Å². The molecule has 20 heteroatoms. The molecule has 0 unspecified atom stereocenters. The third-order valence-corrected chi connectivity index (χ3v) is 10.8. The summed E-state index contributed by atoms with van der Waals surface area (Å²) in [5.74, 6) is -6.61. The van der Waals surface area contributed by atoms with E-state index in [1.165, 1.54) is 12.5 Å². The van der Waals surface area contributed by atoms with Crippen LogP contribution in [0.4, 0.5) is 0 Å². The average Bonchev–Trinajstić information content (AvgIpc) is 3.76. The van der Waals surface area contributed by atoms with E-state index < -0.39 is 89.4 Å². The number of aromatic nitrogens is 2. The lowest BCUT2D eigenvalue weighted by Crippen LogP contribution is -2.61. The number of rotatable bonds is 29. The first kappa shape index (κ1) is 51.6. The predicted molar refractivity (Wildman–Crippen MR) is 232 cm³/mol. The van der Waals surface area contributed by atoms with Gasteiger partial charge in [0.25, 0.3) is 0 Å². The molecule has 2 aromatic rings. The van der Waals surface area contributed by atoms with Crippen molar-refractivity contribution >= 4 is 59.9 Å². The lowest BCUT2D eigenvalue weighted by atomic mass is 9.96. The summed E-state index contributed by atoms with van der Waals surface area (Å²) in [5.41, 5.74) is 17.8. The van der Waals surface area contributed by atoms with Gasteiger partial charge in [0.1, 0.15) is 36.3 Å². The van der Waals surface area contributed by atoms with Gasteiger partial charge in [-0.05, 0) is 43.2 Å². The van der Waals surface area contributed by atoms with Crippen LogP contribution in [0.25, 0.3) is 0 Å². The molecule has 0 aliphatic rings. The standard InChI is InChI=1S/C41H65N11O8S/c1-5-24(3)34(52-39(58)31(22-61)47-33(54)15-11-8-12-18-42)40(59)48-28(16-17-32(43)53)37(56)51-35(25(4)6-2)41(60)50-30(20-27-21-45-23-46-27)38(57)49-29(36(44)55)19-26-13-9-7-10-14-26/h7,9-10,13-14,21,23-25,28-31,34-35,61H,5-6,8,11-12,15-20,22,42H2,1-4H3,(H2,43,53)(H2,44,55)(H,45,46)(H,47,54)(H,48,59)(H,49,57)(H,50,60)(H,51,56)(H,52,58)/t24-,25-,28-,29-,30-,31-,34-,35-/m0/s1. The van der Waals surface area contributed by atoms with Gasteiger partial charge in [-0.25, -0.2) is 4.98 Å². The number of carbonyl (C=O) groups excluding carboxylic acids is 8. The van der Waals surface area contributed by atoms with Gasteiger partial charge in [-0.3, -0.25) is 38.4 Å². The molecule has 0 fully saturated rings. The van der Waals surface area contributed by atoms with E-state index in [1.807, 2.05) is 0 Å². The fourth-order valence-electron chi connectivity index (χ4n) is 6.23. The molecular weight excluding hydrogens is 807 g/mol. The first-order valence-electron chi connectivity index (χ1n) is 20.8. The van der Waals surface area contributed by atoms with Crippen LogP contribution >= 0.6 is 12.6 Å². The second-order valence-electron chi connectivity index (χ2n) is 15.2. The van der Waals surface area contributed by atoms with Gasteiger partial charge in [-0.1, -0.05) is 77.3 Å². The van der Waals surface area contributed by atoms with Crippen LogP contribution in [0.3, 0.4) is 0 Å². The smallest absolute Gasteiger partial charge is 0.244 e. The van der Waals surface area contributed by atoms with Crippen LogP contribution in [0.1, 0.15) is 90.3 Å². The van der Waals surface area contributed by atoms with Crippen molar-refractivity contribution in [3.05, 3.63) is 54.1 Å². The summed E-state index contributed by atoms with van der Waals surface area (Å²) < 4.78 is 0. The van der Waals surface area contributed by atoms with Crippen LogP contribution < -0.4 is 49.1 Å². The third-order valence-electron chi connectivity index (χ3n) is 10.4. The van der Waals surface area contributed by atoms with E-state index in [0.717, 1.165) is 18.4 Å². The second-order valence-corrected chi connectivity index (χ2v) is 15.6. The zero-order valence-electron chi connectivity index (χ0n) is 35.5. The molecule has 1 aromatic carbocycles. The predicted octanol–water partition coefficient (Wildman–Crippen LogP) is -0.604. The molecule has 338 valence electrons. The van der Waals surface area contributed by atoms with Crippen molar-refractivity contribution in [2.75, 3.05) is 12.3 Å². The average molecular weight is 872 g/mol. The molecule has 0 aliphatic heterocycles. The number of benzene rings is 1. The van der Waals surface area contributed by atoms with E-state index in [0.29, 0.717) is 31.5 Å². The summed E-state index contributed by atoms with van der Waals surface area (Å²) >= 11 is 4.23. The van der Waals surface area contributed by atoms with Crippen LogP contribution in [0.5, 0.6) is 0 Å². The largest absolute Gasteiger partial charge is 0.370 e. The molecule has 13 N–H and O–H groups in total. The Labute approximate surface area is 362 Å². The molecule has 2 rings (SSSR count). The van der Waals surface area contributed by atoms with Crippen molar-refractivity contribution < 1.29 is 38.4 Å². The number of unbranched alkanes of at least 4 members (excludes halogenated alkanes) is 2. The number of nitrogens with two attached hydrogens (primary N) is 3. The van der Waals surface area contributed by atoms with Crippen molar-refractivity contribution in [1.82, 2.24) is 41.9 Å². The van der Waals surface area contributed by atoms with Crippen LogP contribution in [-0.4, -0.2) is 106 Å². The summed E-state index contributed by atoms with van der Waals surface area (Å²) in [7, 11) is 0. The number of nitrogens with one attached hydrogen (secondary N) is 7. The number of amides is 8. The van der Waals surface area contributed by atoms with Gasteiger partial charge >= 0.3 is 0 Å². The molecule has 0 aliphatic carbocycles. The fourth-order valence-corrected chi connectivity index (χ4v) is 6.48. The Bertz CT molecular complexity index is 1730. The number of carbonyl (C=O) groups is 8. The number of imidazole rings is 1. The van der Waals surface area contributed by atoms with Gasteiger partial charge in [-0.2, -0.15) is 12.6 Å². The molecule has 0 saturated heterocycles. The maximum absolute atomic E-state index is 14.1. The van der Waals surface area contributed by atoms with E-state index in [4.69, 9.17) is 17.2 Å². The summed E-state index contributed by atoms with van der Waals surface area (Å²) in [5, 5.41) is 16.0. The first-order chi connectivity index (χ1) is 29.0. The monoisotopic (exact) mass is 871 g/mol. The lowest BCUT2D eigenvalue weighted by Gasteiger charge is -2.30. The highest BCUT2D eigenvalue weighted by molar-refractivity contribution is 7.80. The topological polar surface area (TPSA) is 315 Å². The van der Waals surface area contributed by atoms with E-state index >= 15 is 0 Å². The van der Waals surface area contributed by atoms with Crippen LogP contribution in [0.2, 0.25) is 0 Å². The molecular formula is C41H65N11O8S. The number of hydrogen-bond acceptors (Lipinski definition) is 11. The van der Waals surface area contributed by atoms with Crippen molar-refractivity contribution in [3.8, 4) is 0 Å². The zero-order valence-corrected chi connectivity index (χ0v) is 36.4. The van der Waals surface area contributed by atoms with Crippen molar-refractivity contribution in [2.45, 2.75) is 128 Å². The lowest BCUT2D eigenvalue weighted by molar-refractivity contribution is -0.136. The molecule has 1 aromatic heterocycles. The molecule has 0 bridgehead atoms. The van der Waals surface area contributed by atoms with E-state index in [9.17, 15) is 38.4 Å². The number of H-pyrrole nitrogens is 1. The zero-order chi connectivity index (χ0) is 45.5. The fraction of sp³-hybridized carbons (Fsp3) is 0.585. The van der Waals surface area contributed by atoms with Crippen LogP contribution in [0, 0.1) is 11.8 Å². The molecule has 8 atom stereocenters. The molecule has 0 radical (unpaired) electrons. The van der Waals surface area contributed by atoms with Gasteiger partial charge in [0.05, 0.1) is 6.33 Å². The van der Waals surface area contributed by atoms with Gasteiger partial charge < -0.3 is 54.1 Å². The quantitative estimate of drug-likeness (QED) is 0.0364. The number of primary amides is 2. The van der Waals surface area contributed by atoms with Crippen molar-refractivity contribution in [1.29, 1.82) is 0 Å². The summed E-state index contributed by atoms with van der Waals surface area (Å²) in [6.45, 7) is 7.54. The highest BCUT2D eigenvalue weighted by Gasteiger charge is 2.36. The van der Waals surface area contributed by atoms with Crippen LogP contribution in [-0.2, 0) is 51.2 Å². The summed E-state index contributed by atoms with van der Waals surface area (Å²) in [4.78, 5) is 113. The number of hydrogen-bond donors (Lipinski definition) is 11. The van der Waals surface area contributed by atoms with Gasteiger partial charge in [0.2, 0.25) is 47.3 Å². The number of thiol groups is 1. The van der Waals surface area contributed by atoms with Crippen LogP contribution in [0.15, 0.2) is 42.9 Å². The van der Waals surface area contributed by atoms with Crippen molar-refractivity contribution in [3.63, 3.8) is 0 Å². The minimum atomic E-state index is -1.39. The Morgan fingerprint density at radius 3 is 1.74 bits per heavy atom. The maximum atomic E-state index is 14.1.